The van der Waals surface area contributed by atoms with Crippen molar-refractivity contribution >= 4 is 23.5 Å². The van der Waals surface area contributed by atoms with E-state index in [0.29, 0.717) is 22.5 Å². The molecular formula is C14H16N2O3S2. The maximum atomic E-state index is 9.53. The molecule has 0 saturated carbocycles. The second kappa shape index (κ2) is 6.19. The SMILES string of the molecule is CCC1SCCSC1c1noc(-c2cc(O)cc(O)c2)n1. The van der Waals surface area contributed by atoms with Crippen LogP contribution in [-0.4, -0.2) is 37.1 Å². The predicted molar refractivity (Wildman–Crippen MR) is 84.8 cm³/mol. The quantitative estimate of drug-likeness (QED) is 0.895. The lowest BCUT2D eigenvalue weighted by atomic mass is 10.2. The Bertz CT molecular complexity index is 612. The van der Waals surface area contributed by atoms with Crippen LogP contribution in [0.3, 0.4) is 0 Å². The highest BCUT2D eigenvalue weighted by Gasteiger charge is 2.30. The summed E-state index contributed by atoms with van der Waals surface area (Å²) < 4.78 is 5.30. The van der Waals surface area contributed by atoms with Gasteiger partial charge in [0.25, 0.3) is 5.89 Å². The molecule has 2 heterocycles. The van der Waals surface area contributed by atoms with Gasteiger partial charge in [-0.15, -0.1) is 11.8 Å². The molecule has 2 aromatic rings. The molecule has 0 spiro atoms. The number of phenols is 2. The van der Waals surface area contributed by atoms with E-state index in [1.807, 2.05) is 23.5 Å². The number of hydrogen-bond donors (Lipinski definition) is 2. The normalized spacial score (nSPS) is 22.3. The lowest BCUT2D eigenvalue weighted by Crippen LogP contribution is -2.19. The van der Waals surface area contributed by atoms with Gasteiger partial charge >= 0.3 is 0 Å². The summed E-state index contributed by atoms with van der Waals surface area (Å²) in [4.78, 5) is 4.45. The molecule has 112 valence electrons. The summed E-state index contributed by atoms with van der Waals surface area (Å²) in [5.74, 6) is 3.20. The predicted octanol–water partition coefficient (Wildman–Crippen LogP) is 3.45. The van der Waals surface area contributed by atoms with Crippen LogP contribution in [0.15, 0.2) is 22.7 Å². The Balaban J connectivity index is 1.88. The number of aromatic hydroxyl groups is 2. The number of hydrogen-bond acceptors (Lipinski definition) is 7. The van der Waals surface area contributed by atoms with Gasteiger partial charge in [0.05, 0.1) is 5.25 Å². The van der Waals surface area contributed by atoms with Gasteiger partial charge in [-0.25, -0.2) is 0 Å². The molecule has 1 aliphatic rings. The van der Waals surface area contributed by atoms with E-state index in [-0.39, 0.29) is 16.7 Å². The van der Waals surface area contributed by atoms with Crippen molar-refractivity contribution in [2.24, 2.45) is 0 Å². The van der Waals surface area contributed by atoms with Gasteiger partial charge in [-0.3, -0.25) is 0 Å². The van der Waals surface area contributed by atoms with E-state index in [0.717, 1.165) is 17.9 Å². The lowest BCUT2D eigenvalue weighted by molar-refractivity contribution is 0.419. The Morgan fingerprint density at radius 2 is 1.90 bits per heavy atom. The highest BCUT2D eigenvalue weighted by Crippen LogP contribution is 2.43. The Hall–Kier alpha value is -1.34. The lowest BCUT2D eigenvalue weighted by Gasteiger charge is -2.27. The molecule has 0 amide bonds. The second-order valence-corrected chi connectivity index (χ2v) is 7.40. The fraction of sp³-hybridized carbons (Fsp3) is 0.429. The molecule has 1 aromatic heterocycles. The van der Waals surface area contributed by atoms with Gasteiger partial charge in [-0.2, -0.15) is 16.7 Å². The summed E-state index contributed by atoms with van der Waals surface area (Å²) in [6.07, 6.45) is 1.07. The minimum atomic E-state index is -0.0289. The fourth-order valence-electron chi connectivity index (χ4n) is 2.33. The molecule has 1 aromatic carbocycles. The van der Waals surface area contributed by atoms with Crippen LogP contribution >= 0.6 is 23.5 Å². The molecule has 7 heteroatoms. The van der Waals surface area contributed by atoms with Gasteiger partial charge < -0.3 is 14.7 Å². The van der Waals surface area contributed by atoms with Crippen molar-refractivity contribution in [2.45, 2.75) is 23.8 Å². The Morgan fingerprint density at radius 1 is 1.19 bits per heavy atom. The van der Waals surface area contributed by atoms with E-state index in [2.05, 4.69) is 17.1 Å². The Morgan fingerprint density at radius 3 is 2.62 bits per heavy atom. The van der Waals surface area contributed by atoms with Gasteiger partial charge in [0.2, 0.25) is 0 Å². The van der Waals surface area contributed by atoms with Crippen molar-refractivity contribution in [1.82, 2.24) is 10.1 Å². The molecular weight excluding hydrogens is 308 g/mol. The first-order valence-electron chi connectivity index (χ1n) is 6.77. The third-order valence-corrected chi connectivity index (χ3v) is 6.54. The van der Waals surface area contributed by atoms with E-state index >= 15 is 0 Å². The maximum Gasteiger partial charge on any atom is 0.258 e. The molecule has 5 nitrogen and oxygen atoms in total. The number of phenolic OH excluding ortho intramolecular Hbond substituents is 2. The van der Waals surface area contributed by atoms with Crippen LogP contribution < -0.4 is 0 Å². The van der Waals surface area contributed by atoms with E-state index in [1.165, 1.54) is 18.2 Å². The molecule has 0 radical (unpaired) electrons. The molecule has 0 bridgehead atoms. The smallest absolute Gasteiger partial charge is 0.258 e. The number of aromatic nitrogens is 2. The highest BCUT2D eigenvalue weighted by molar-refractivity contribution is 8.06. The molecule has 2 N–H and O–H groups in total. The van der Waals surface area contributed by atoms with Gasteiger partial charge in [0, 0.05) is 28.4 Å². The largest absolute Gasteiger partial charge is 0.508 e. The number of rotatable bonds is 3. The minimum Gasteiger partial charge on any atom is -0.508 e. The van der Waals surface area contributed by atoms with Gasteiger partial charge in [0.15, 0.2) is 5.82 Å². The Labute approximate surface area is 131 Å². The number of nitrogens with zero attached hydrogens (tertiary/aromatic N) is 2. The number of benzene rings is 1. The molecule has 1 aliphatic heterocycles. The first-order chi connectivity index (χ1) is 10.2. The molecule has 21 heavy (non-hydrogen) atoms. The monoisotopic (exact) mass is 324 g/mol. The summed E-state index contributed by atoms with van der Waals surface area (Å²) >= 11 is 3.81. The summed E-state index contributed by atoms with van der Waals surface area (Å²) in [6, 6.07) is 4.26. The van der Waals surface area contributed by atoms with E-state index in [4.69, 9.17) is 4.52 Å². The zero-order chi connectivity index (χ0) is 14.8. The average Bonchev–Trinajstić information content (AvgIpc) is 2.96. The van der Waals surface area contributed by atoms with Gasteiger partial charge in [0.1, 0.15) is 11.5 Å². The van der Waals surface area contributed by atoms with Crippen LogP contribution in [0.5, 0.6) is 11.5 Å². The van der Waals surface area contributed by atoms with E-state index < -0.39 is 0 Å². The van der Waals surface area contributed by atoms with Crippen LogP contribution in [0.25, 0.3) is 11.5 Å². The van der Waals surface area contributed by atoms with Gasteiger partial charge in [-0.05, 0) is 18.6 Å². The molecule has 0 aliphatic carbocycles. The molecule has 1 fully saturated rings. The van der Waals surface area contributed by atoms with Crippen molar-refractivity contribution < 1.29 is 14.7 Å². The standard InChI is InChI=1S/C14H16N2O3S2/c1-2-11-12(21-4-3-20-11)13-15-14(19-16-13)8-5-9(17)7-10(18)6-8/h5-7,11-12,17-18H,2-4H2,1H3. The van der Waals surface area contributed by atoms with Crippen molar-refractivity contribution in [3.8, 4) is 23.0 Å². The van der Waals surface area contributed by atoms with Crippen LogP contribution in [0.1, 0.15) is 24.4 Å². The first kappa shape index (κ1) is 14.6. The van der Waals surface area contributed by atoms with Crippen molar-refractivity contribution in [2.75, 3.05) is 11.5 Å². The maximum absolute atomic E-state index is 9.53. The topological polar surface area (TPSA) is 79.4 Å². The van der Waals surface area contributed by atoms with Crippen molar-refractivity contribution in [1.29, 1.82) is 0 Å². The summed E-state index contributed by atoms with van der Waals surface area (Å²) in [6.45, 7) is 2.17. The molecule has 2 atom stereocenters. The summed E-state index contributed by atoms with van der Waals surface area (Å²) in [7, 11) is 0. The minimum absolute atomic E-state index is 0.0289. The Kier molecular flexibility index (Phi) is 4.30. The number of thioether (sulfide) groups is 2. The third kappa shape index (κ3) is 3.13. The van der Waals surface area contributed by atoms with Crippen LogP contribution in [0, 0.1) is 0 Å². The first-order valence-corrected chi connectivity index (χ1v) is 8.87. The van der Waals surface area contributed by atoms with Crippen LogP contribution in [-0.2, 0) is 0 Å². The van der Waals surface area contributed by atoms with E-state index in [9.17, 15) is 10.2 Å². The fourth-order valence-corrected chi connectivity index (χ4v) is 5.31. The van der Waals surface area contributed by atoms with Crippen LogP contribution in [0.2, 0.25) is 0 Å². The van der Waals surface area contributed by atoms with Crippen LogP contribution in [0.4, 0.5) is 0 Å². The average molecular weight is 324 g/mol. The zero-order valence-electron chi connectivity index (χ0n) is 11.5. The summed E-state index contributed by atoms with van der Waals surface area (Å²) in [5.41, 5.74) is 0.521. The zero-order valence-corrected chi connectivity index (χ0v) is 13.2. The third-order valence-electron chi connectivity index (χ3n) is 3.30. The van der Waals surface area contributed by atoms with Crippen molar-refractivity contribution in [3.05, 3.63) is 24.0 Å². The summed E-state index contributed by atoms with van der Waals surface area (Å²) in [5, 5.41) is 23.9. The van der Waals surface area contributed by atoms with E-state index in [1.54, 1.807) is 0 Å². The molecule has 2 unspecified atom stereocenters. The second-order valence-electron chi connectivity index (χ2n) is 4.80. The van der Waals surface area contributed by atoms with Crippen molar-refractivity contribution in [3.63, 3.8) is 0 Å². The molecule has 3 rings (SSSR count). The van der Waals surface area contributed by atoms with Gasteiger partial charge in [-0.1, -0.05) is 12.1 Å². The molecule has 1 saturated heterocycles. The highest BCUT2D eigenvalue weighted by atomic mass is 32.2.